The van der Waals surface area contributed by atoms with Crippen LogP contribution in [-0.4, -0.2) is 28.3 Å². The number of carboxylic acids is 1. The third-order valence-electron chi connectivity index (χ3n) is 3.81. The molecule has 0 spiro atoms. The maximum atomic E-state index is 11.8. The second kappa shape index (κ2) is 4.14. The Morgan fingerprint density at radius 2 is 1.94 bits per heavy atom. The van der Waals surface area contributed by atoms with E-state index in [1.165, 1.54) is 0 Å². The molecule has 2 N–H and O–H groups in total. The van der Waals surface area contributed by atoms with Gasteiger partial charge in [-0.25, -0.2) is 4.79 Å². The predicted molar refractivity (Wildman–Crippen MR) is 65.2 cm³/mol. The predicted octanol–water partition coefficient (Wildman–Crippen LogP) is 2.15. The van der Waals surface area contributed by atoms with Crippen molar-refractivity contribution >= 4 is 12.1 Å². The number of hydrogen-bond acceptors (Lipinski definition) is 3. The minimum atomic E-state index is -0.753. The molecule has 2 aliphatic carbocycles. The molecule has 0 heterocycles. The van der Waals surface area contributed by atoms with E-state index >= 15 is 0 Å². The highest BCUT2D eigenvalue weighted by Crippen LogP contribution is 2.54. The zero-order valence-corrected chi connectivity index (χ0v) is 11.2. The lowest BCUT2D eigenvalue weighted by atomic mass is 9.72. The van der Waals surface area contributed by atoms with Gasteiger partial charge in [-0.15, -0.1) is 0 Å². The first-order valence-electron chi connectivity index (χ1n) is 6.47. The van der Waals surface area contributed by atoms with Crippen molar-refractivity contribution in [2.24, 2.45) is 11.8 Å². The molecule has 102 valence electrons. The summed E-state index contributed by atoms with van der Waals surface area (Å²) in [7, 11) is 0. The van der Waals surface area contributed by atoms with Crippen LogP contribution in [0.15, 0.2) is 0 Å². The number of amides is 1. The molecular formula is C13H21NO4. The summed E-state index contributed by atoms with van der Waals surface area (Å²) in [6, 6.07) is 0. The monoisotopic (exact) mass is 255 g/mol. The van der Waals surface area contributed by atoms with E-state index in [1.54, 1.807) is 0 Å². The number of nitrogens with one attached hydrogen (secondary N) is 1. The Hall–Kier alpha value is -1.26. The lowest BCUT2D eigenvalue weighted by molar-refractivity contribution is -0.139. The van der Waals surface area contributed by atoms with Crippen LogP contribution in [-0.2, 0) is 9.53 Å². The van der Waals surface area contributed by atoms with Gasteiger partial charge in [0.15, 0.2) is 0 Å². The fourth-order valence-electron chi connectivity index (χ4n) is 2.73. The fourth-order valence-corrected chi connectivity index (χ4v) is 2.73. The summed E-state index contributed by atoms with van der Waals surface area (Å²) < 4.78 is 5.25. The second-order valence-electron chi connectivity index (χ2n) is 6.42. The van der Waals surface area contributed by atoms with Crippen molar-refractivity contribution in [2.75, 3.05) is 0 Å². The fraction of sp³-hybridized carbons (Fsp3) is 0.846. The molecule has 0 bridgehead atoms. The number of carbonyl (C=O) groups excluding carboxylic acids is 1. The molecule has 2 fully saturated rings. The standard InChI is InChI=1S/C13H21NO4/c1-12(2,3)18-11(17)14-13(5-4-6-13)9-7-8(9)10(15)16/h8-9H,4-7H2,1-3H3,(H,14,17)(H,15,16)/t8-,9-/m1/s1. The van der Waals surface area contributed by atoms with E-state index < -0.39 is 17.7 Å². The van der Waals surface area contributed by atoms with Crippen LogP contribution in [0.25, 0.3) is 0 Å². The lowest BCUT2D eigenvalue weighted by Gasteiger charge is -2.43. The molecule has 0 aromatic heterocycles. The molecule has 2 atom stereocenters. The van der Waals surface area contributed by atoms with Crippen LogP contribution < -0.4 is 5.32 Å². The van der Waals surface area contributed by atoms with E-state index in [1.807, 2.05) is 20.8 Å². The van der Waals surface area contributed by atoms with Gasteiger partial charge in [0.1, 0.15) is 5.60 Å². The van der Waals surface area contributed by atoms with E-state index in [0.717, 1.165) is 19.3 Å². The molecule has 0 saturated heterocycles. The van der Waals surface area contributed by atoms with Crippen molar-refractivity contribution in [3.05, 3.63) is 0 Å². The molecule has 1 amide bonds. The molecule has 0 unspecified atom stereocenters. The quantitative estimate of drug-likeness (QED) is 0.810. The molecule has 18 heavy (non-hydrogen) atoms. The van der Waals surface area contributed by atoms with Gasteiger partial charge in [0.25, 0.3) is 0 Å². The molecule has 2 rings (SSSR count). The Balaban J connectivity index is 1.94. The van der Waals surface area contributed by atoms with Gasteiger partial charge in [0, 0.05) is 5.54 Å². The molecule has 0 aromatic rings. The Labute approximate surface area is 107 Å². The smallest absolute Gasteiger partial charge is 0.408 e. The van der Waals surface area contributed by atoms with Crippen molar-refractivity contribution in [2.45, 2.75) is 57.6 Å². The minimum Gasteiger partial charge on any atom is -0.481 e. The zero-order valence-electron chi connectivity index (χ0n) is 11.2. The molecule has 0 aliphatic heterocycles. The Bertz CT molecular complexity index is 368. The summed E-state index contributed by atoms with van der Waals surface area (Å²) in [6.45, 7) is 5.45. The number of ether oxygens (including phenoxy) is 1. The number of hydrogen-bond donors (Lipinski definition) is 2. The molecule has 5 heteroatoms. The Morgan fingerprint density at radius 3 is 2.28 bits per heavy atom. The van der Waals surface area contributed by atoms with Gasteiger partial charge in [-0.3, -0.25) is 4.79 Å². The summed E-state index contributed by atoms with van der Waals surface area (Å²) in [6.07, 6.45) is 3.00. The summed E-state index contributed by atoms with van der Waals surface area (Å²) >= 11 is 0. The highest BCUT2D eigenvalue weighted by molar-refractivity contribution is 5.75. The lowest BCUT2D eigenvalue weighted by Crippen LogP contribution is -2.56. The van der Waals surface area contributed by atoms with Gasteiger partial charge in [0.2, 0.25) is 0 Å². The largest absolute Gasteiger partial charge is 0.481 e. The van der Waals surface area contributed by atoms with Crippen molar-refractivity contribution in [3.63, 3.8) is 0 Å². The number of aliphatic carboxylic acids is 1. The van der Waals surface area contributed by atoms with Gasteiger partial charge < -0.3 is 15.2 Å². The maximum Gasteiger partial charge on any atom is 0.408 e. The first kappa shape index (κ1) is 13.2. The summed E-state index contributed by atoms with van der Waals surface area (Å²) in [5, 5.41) is 11.9. The van der Waals surface area contributed by atoms with Crippen molar-refractivity contribution < 1.29 is 19.4 Å². The number of carbonyl (C=O) groups is 2. The average molecular weight is 255 g/mol. The van der Waals surface area contributed by atoms with Crippen LogP contribution in [0.4, 0.5) is 4.79 Å². The third-order valence-corrected chi connectivity index (χ3v) is 3.81. The van der Waals surface area contributed by atoms with Gasteiger partial charge >= 0.3 is 12.1 Å². The second-order valence-corrected chi connectivity index (χ2v) is 6.42. The molecule has 2 saturated carbocycles. The van der Waals surface area contributed by atoms with Crippen LogP contribution in [0.1, 0.15) is 46.5 Å². The summed E-state index contributed by atoms with van der Waals surface area (Å²) in [4.78, 5) is 22.7. The van der Waals surface area contributed by atoms with E-state index in [9.17, 15) is 9.59 Å². The van der Waals surface area contributed by atoms with Crippen molar-refractivity contribution in [3.8, 4) is 0 Å². The topological polar surface area (TPSA) is 75.6 Å². The molecule has 0 radical (unpaired) electrons. The normalized spacial score (nSPS) is 29.1. The molecular weight excluding hydrogens is 234 g/mol. The van der Waals surface area contributed by atoms with Crippen LogP contribution in [0, 0.1) is 11.8 Å². The third kappa shape index (κ3) is 2.60. The maximum absolute atomic E-state index is 11.8. The minimum absolute atomic E-state index is 0.0799. The van der Waals surface area contributed by atoms with E-state index in [0.29, 0.717) is 6.42 Å². The van der Waals surface area contributed by atoms with Crippen LogP contribution in [0.5, 0.6) is 0 Å². The van der Waals surface area contributed by atoms with Gasteiger partial charge in [0.05, 0.1) is 5.92 Å². The van der Waals surface area contributed by atoms with Crippen LogP contribution in [0.2, 0.25) is 0 Å². The van der Waals surface area contributed by atoms with Crippen molar-refractivity contribution in [1.29, 1.82) is 0 Å². The van der Waals surface area contributed by atoms with Gasteiger partial charge in [-0.05, 0) is 52.4 Å². The first-order chi connectivity index (χ1) is 8.23. The van der Waals surface area contributed by atoms with E-state index in [4.69, 9.17) is 9.84 Å². The Morgan fingerprint density at radius 1 is 1.33 bits per heavy atom. The van der Waals surface area contributed by atoms with Crippen molar-refractivity contribution in [1.82, 2.24) is 5.32 Å². The highest BCUT2D eigenvalue weighted by Gasteiger charge is 2.59. The van der Waals surface area contributed by atoms with Crippen LogP contribution >= 0.6 is 0 Å². The highest BCUT2D eigenvalue weighted by atomic mass is 16.6. The molecule has 2 aliphatic rings. The average Bonchev–Trinajstić information content (AvgIpc) is 2.87. The van der Waals surface area contributed by atoms with Gasteiger partial charge in [-0.2, -0.15) is 0 Å². The van der Waals surface area contributed by atoms with E-state index in [-0.39, 0.29) is 17.4 Å². The molecule has 0 aromatic carbocycles. The SMILES string of the molecule is CC(C)(C)OC(=O)NC1([C@@H]2C[C@H]2C(=O)O)CCC1. The molecule has 5 nitrogen and oxygen atoms in total. The van der Waals surface area contributed by atoms with Crippen LogP contribution in [0.3, 0.4) is 0 Å². The summed E-state index contributed by atoms with van der Waals surface area (Å²) in [5.41, 5.74) is -0.851. The Kier molecular flexibility index (Phi) is 3.03. The number of carboxylic acid groups (broad SMARTS) is 1. The number of rotatable bonds is 3. The summed E-state index contributed by atoms with van der Waals surface area (Å²) in [5.74, 6) is -0.964. The van der Waals surface area contributed by atoms with Gasteiger partial charge in [-0.1, -0.05) is 0 Å². The van der Waals surface area contributed by atoms with E-state index in [2.05, 4.69) is 5.32 Å². The first-order valence-corrected chi connectivity index (χ1v) is 6.47. The number of alkyl carbamates (subject to hydrolysis) is 1. The zero-order chi connectivity index (χ0) is 13.6.